The molecule has 0 unspecified atom stereocenters. The van der Waals surface area contributed by atoms with Crippen molar-refractivity contribution in [3.05, 3.63) is 28.8 Å². The average molecular weight is 147 g/mol. The van der Waals surface area contributed by atoms with Crippen LogP contribution in [0.25, 0.3) is 0 Å². The Morgan fingerprint density at radius 2 is 1.90 bits per heavy atom. The number of hydrogen-bond acceptors (Lipinski definition) is 1. The van der Waals surface area contributed by atoms with Crippen LogP contribution in [0, 0.1) is 20.6 Å². The Hall–Kier alpha value is -0.980. The Morgan fingerprint density at radius 3 is 2.30 bits per heavy atom. The van der Waals surface area contributed by atoms with E-state index in [1.54, 1.807) is 0 Å². The van der Waals surface area contributed by atoms with Crippen LogP contribution in [-0.2, 0) is 0 Å². The third-order valence-corrected chi connectivity index (χ3v) is 0.974. The third-order valence-electron chi connectivity index (χ3n) is 0.974. The van der Waals surface area contributed by atoms with Crippen LogP contribution < -0.4 is 0 Å². The van der Waals surface area contributed by atoms with Crippen LogP contribution in [0.2, 0.25) is 0 Å². The Balaban J connectivity index is 4.04. The van der Waals surface area contributed by atoms with E-state index in [0.717, 1.165) is 0 Å². The minimum atomic E-state index is -3.09. The second-order valence-corrected chi connectivity index (χ2v) is 1.72. The van der Waals surface area contributed by atoms with Crippen LogP contribution in [0.5, 0.6) is 5.75 Å². The standard InChI is InChI=1S/C9H12O/c1-6-4-7(2)9(10)8(3)5-6/h4-5,10H,1-3H3/i1D3,2D3,3D3,4D,5D. The number of phenolic OH excluding ortho intramolecular Hbond substituents is 1. The maximum atomic E-state index is 9.87. The van der Waals surface area contributed by atoms with E-state index < -0.39 is 55.1 Å². The van der Waals surface area contributed by atoms with Gasteiger partial charge in [-0.2, -0.15) is 0 Å². The maximum Gasteiger partial charge on any atom is 0.121 e. The molecular formula is C9H12O. The number of hydrogen-bond donors (Lipinski definition) is 1. The first-order valence-corrected chi connectivity index (χ1v) is 2.47. The minimum Gasteiger partial charge on any atom is -0.507 e. The Kier molecular flexibility index (Phi) is 0.337. The van der Waals surface area contributed by atoms with Crippen LogP contribution >= 0.6 is 0 Å². The lowest BCUT2D eigenvalue weighted by atomic mass is 10.1. The zero-order valence-corrected chi connectivity index (χ0v) is 4.95. The molecule has 0 radical (unpaired) electrons. The molecule has 1 aromatic rings. The summed E-state index contributed by atoms with van der Waals surface area (Å²) < 4.78 is 80.6. The molecule has 0 amide bonds. The molecule has 0 fully saturated rings. The molecule has 0 aliphatic rings. The van der Waals surface area contributed by atoms with E-state index in [4.69, 9.17) is 15.1 Å². The molecule has 1 N–H and O–H groups in total. The molecule has 0 aliphatic heterocycles. The Morgan fingerprint density at radius 1 is 1.30 bits per heavy atom. The summed E-state index contributed by atoms with van der Waals surface area (Å²) in [5.74, 6) is -1.25. The van der Waals surface area contributed by atoms with Crippen LogP contribution in [0.4, 0.5) is 0 Å². The first-order chi connectivity index (χ1) is 9.10. The minimum absolute atomic E-state index is 1.00. The van der Waals surface area contributed by atoms with Gasteiger partial charge in [-0.25, -0.2) is 0 Å². The van der Waals surface area contributed by atoms with Crippen LogP contribution in [0.15, 0.2) is 12.1 Å². The van der Waals surface area contributed by atoms with Crippen molar-refractivity contribution in [1.29, 1.82) is 0 Å². The van der Waals surface area contributed by atoms with Gasteiger partial charge in [0.05, 0.1) is 2.74 Å². The van der Waals surface area contributed by atoms with Gasteiger partial charge in [0.1, 0.15) is 5.75 Å². The lowest BCUT2D eigenvalue weighted by molar-refractivity contribution is 0.466. The fourth-order valence-electron chi connectivity index (χ4n) is 0.525. The van der Waals surface area contributed by atoms with Crippen molar-refractivity contribution in [2.45, 2.75) is 20.6 Å². The molecule has 0 atom stereocenters. The highest BCUT2D eigenvalue weighted by Crippen LogP contribution is 2.21. The summed E-state index contributed by atoms with van der Waals surface area (Å²) >= 11 is 0. The van der Waals surface area contributed by atoms with Crippen LogP contribution in [-0.4, -0.2) is 5.11 Å². The number of aromatic hydroxyl groups is 1. The molecule has 1 heteroatoms. The molecule has 0 saturated carbocycles. The molecule has 54 valence electrons. The maximum absolute atomic E-state index is 9.87. The van der Waals surface area contributed by atoms with E-state index in [9.17, 15) is 5.11 Å². The van der Waals surface area contributed by atoms with E-state index in [-0.39, 0.29) is 0 Å². The molecule has 0 saturated heterocycles. The quantitative estimate of drug-likeness (QED) is 0.597. The SMILES string of the molecule is [2H]c1c(C([2H])([2H])[2H])c([2H])c(C([2H])([2H])[2H])c(O)c1C([2H])([2H])[2H]. The highest BCUT2D eigenvalue weighted by atomic mass is 16.3. The topological polar surface area (TPSA) is 20.2 Å². The Labute approximate surface area is 76.8 Å². The summed E-state index contributed by atoms with van der Waals surface area (Å²) in [7, 11) is 0. The van der Waals surface area contributed by atoms with E-state index in [1.807, 2.05) is 0 Å². The lowest BCUT2D eigenvalue weighted by Crippen LogP contribution is -1.81. The monoisotopic (exact) mass is 147 g/mol. The first kappa shape index (κ1) is 1.45. The third kappa shape index (κ3) is 1.13. The molecule has 0 bridgehead atoms. The predicted molar refractivity (Wildman–Crippen MR) is 42.3 cm³/mol. The second-order valence-electron chi connectivity index (χ2n) is 1.72. The average Bonchev–Trinajstić information content (AvgIpc) is 2.07. The van der Waals surface area contributed by atoms with Crippen molar-refractivity contribution >= 4 is 0 Å². The van der Waals surface area contributed by atoms with Gasteiger partial charge in [-0.3, -0.25) is 0 Å². The van der Waals surface area contributed by atoms with Gasteiger partial charge in [-0.15, -0.1) is 0 Å². The molecule has 0 aromatic heterocycles. The van der Waals surface area contributed by atoms with Crippen molar-refractivity contribution in [1.82, 2.24) is 0 Å². The van der Waals surface area contributed by atoms with Gasteiger partial charge in [0.25, 0.3) is 0 Å². The zero-order chi connectivity index (χ0) is 17.0. The van der Waals surface area contributed by atoms with Crippen molar-refractivity contribution in [2.24, 2.45) is 0 Å². The molecule has 0 aliphatic carbocycles. The number of phenols is 1. The largest absolute Gasteiger partial charge is 0.507 e. The molecule has 0 heterocycles. The van der Waals surface area contributed by atoms with Gasteiger partial charge in [-0.1, -0.05) is 17.6 Å². The fraction of sp³-hybridized carbons (Fsp3) is 0.333. The van der Waals surface area contributed by atoms with Gasteiger partial charge >= 0.3 is 0 Å². The van der Waals surface area contributed by atoms with E-state index in [1.165, 1.54) is 0 Å². The van der Waals surface area contributed by atoms with E-state index in [0.29, 0.717) is 0 Å². The van der Waals surface area contributed by atoms with Crippen molar-refractivity contribution in [3.63, 3.8) is 0 Å². The van der Waals surface area contributed by atoms with Gasteiger partial charge in [0, 0.05) is 12.3 Å². The zero-order valence-electron chi connectivity index (χ0n) is 15.9. The second kappa shape index (κ2) is 2.33. The molecule has 1 rings (SSSR count). The Bertz CT molecular complexity index is 461. The van der Waals surface area contributed by atoms with Gasteiger partial charge < -0.3 is 5.11 Å². The highest BCUT2D eigenvalue weighted by molar-refractivity contribution is 5.41. The van der Waals surface area contributed by atoms with Gasteiger partial charge in [-0.05, 0) is 31.7 Å². The predicted octanol–water partition coefficient (Wildman–Crippen LogP) is 2.32. The highest BCUT2D eigenvalue weighted by Gasteiger charge is 1.98. The first-order valence-electron chi connectivity index (χ1n) is 7.97. The molecule has 10 heavy (non-hydrogen) atoms. The number of rotatable bonds is 0. The van der Waals surface area contributed by atoms with E-state index >= 15 is 0 Å². The summed E-state index contributed by atoms with van der Waals surface area (Å²) in [6.07, 6.45) is 0. The summed E-state index contributed by atoms with van der Waals surface area (Å²) in [5.41, 5.74) is -3.15. The van der Waals surface area contributed by atoms with Crippen LogP contribution in [0.3, 0.4) is 0 Å². The van der Waals surface area contributed by atoms with E-state index in [2.05, 4.69) is 0 Å². The van der Waals surface area contributed by atoms with Gasteiger partial charge in [0.2, 0.25) is 0 Å². The smallest absolute Gasteiger partial charge is 0.121 e. The summed E-state index contributed by atoms with van der Waals surface area (Å²) in [5, 5.41) is 9.87. The summed E-state index contributed by atoms with van der Waals surface area (Å²) in [4.78, 5) is 0. The summed E-state index contributed by atoms with van der Waals surface area (Å²) in [6.45, 7) is -9.23. The van der Waals surface area contributed by atoms with Crippen molar-refractivity contribution in [2.75, 3.05) is 0 Å². The van der Waals surface area contributed by atoms with Gasteiger partial charge in [0.15, 0.2) is 0 Å². The lowest BCUT2D eigenvalue weighted by Gasteiger charge is -2.03. The molecule has 1 nitrogen and oxygen atoms in total. The van der Waals surface area contributed by atoms with Crippen molar-refractivity contribution in [3.8, 4) is 5.75 Å². The normalized spacial score (nSPS) is 29.8. The summed E-state index contributed by atoms with van der Waals surface area (Å²) in [6, 6.07) is -2.13. The molecule has 0 spiro atoms. The number of benzene rings is 1. The van der Waals surface area contributed by atoms with Crippen LogP contribution in [0.1, 0.15) is 31.8 Å². The molecule has 1 aromatic carbocycles. The molecular weight excluding hydrogens is 124 g/mol. The fourth-order valence-corrected chi connectivity index (χ4v) is 0.525. The van der Waals surface area contributed by atoms with Crippen molar-refractivity contribution < 1.29 is 20.2 Å².